The molecule has 1 amide bonds. The third kappa shape index (κ3) is 2.55. The standard InChI is InChI=1S/C12H23N3O/c1-2-14-8-4-3-5-11(14)12(16)15-9-6-13-7-10-15/h11,13H,2-10H2,1H3. The molecule has 1 unspecified atom stereocenters. The maximum absolute atomic E-state index is 12.4. The van der Waals surface area contributed by atoms with E-state index in [1.165, 1.54) is 12.8 Å². The first-order valence-corrected chi connectivity index (χ1v) is 6.56. The summed E-state index contributed by atoms with van der Waals surface area (Å²) in [6, 6.07) is 0.164. The molecule has 4 nitrogen and oxygen atoms in total. The molecule has 0 saturated carbocycles. The van der Waals surface area contributed by atoms with E-state index in [9.17, 15) is 4.79 Å². The molecule has 0 aromatic heterocycles. The Labute approximate surface area is 98.0 Å². The molecule has 0 aromatic rings. The van der Waals surface area contributed by atoms with Crippen molar-refractivity contribution >= 4 is 5.91 Å². The van der Waals surface area contributed by atoms with E-state index in [-0.39, 0.29) is 6.04 Å². The minimum absolute atomic E-state index is 0.164. The minimum atomic E-state index is 0.164. The summed E-state index contributed by atoms with van der Waals surface area (Å²) in [5.74, 6) is 0.364. The zero-order chi connectivity index (χ0) is 11.4. The average Bonchev–Trinajstić information content (AvgIpc) is 2.39. The summed E-state index contributed by atoms with van der Waals surface area (Å²) in [5, 5.41) is 3.29. The molecule has 2 fully saturated rings. The van der Waals surface area contributed by atoms with Crippen LogP contribution in [0, 0.1) is 0 Å². The molecule has 4 heteroatoms. The molecular formula is C12H23N3O. The zero-order valence-electron chi connectivity index (χ0n) is 10.2. The van der Waals surface area contributed by atoms with Gasteiger partial charge in [-0.1, -0.05) is 13.3 Å². The molecule has 0 bridgehead atoms. The van der Waals surface area contributed by atoms with Crippen LogP contribution >= 0.6 is 0 Å². The van der Waals surface area contributed by atoms with Gasteiger partial charge in [0, 0.05) is 26.2 Å². The number of nitrogens with one attached hydrogen (secondary N) is 1. The van der Waals surface area contributed by atoms with Gasteiger partial charge < -0.3 is 10.2 Å². The van der Waals surface area contributed by atoms with Crippen LogP contribution in [-0.4, -0.2) is 61.0 Å². The summed E-state index contributed by atoms with van der Waals surface area (Å²) in [6.45, 7) is 7.92. The second-order valence-electron chi connectivity index (χ2n) is 4.72. The molecular weight excluding hydrogens is 202 g/mol. The summed E-state index contributed by atoms with van der Waals surface area (Å²) in [5.41, 5.74) is 0. The molecule has 92 valence electrons. The number of likely N-dealkylation sites (tertiary alicyclic amines) is 1. The number of likely N-dealkylation sites (N-methyl/N-ethyl adjacent to an activating group) is 1. The number of nitrogens with zero attached hydrogens (tertiary/aromatic N) is 2. The van der Waals surface area contributed by atoms with Gasteiger partial charge in [-0.25, -0.2) is 0 Å². The highest BCUT2D eigenvalue weighted by molar-refractivity contribution is 5.82. The van der Waals surface area contributed by atoms with Crippen LogP contribution in [0.5, 0.6) is 0 Å². The molecule has 2 heterocycles. The lowest BCUT2D eigenvalue weighted by molar-refractivity contribution is -0.138. The molecule has 0 radical (unpaired) electrons. The summed E-state index contributed by atoms with van der Waals surface area (Å²) in [4.78, 5) is 16.8. The highest BCUT2D eigenvalue weighted by atomic mass is 16.2. The van der Waals surface area contributed by atoms with Crippen molar-refractivity contribution in [2.45, 2.75) is 32.2 Å². The highest BCUT2D eigenvalue weighted by Crippen LogP contribution is 2.18. The summed E-state index contributed by atoms with van der Waals surface area (Å²) in [6.07, 6.45) is 3.51. The predicted octanol–water partition coefficient (Wildman–Crippen LogP) is 0.293. The van der Waals surface area contributed by atoms with Crippen molar-refractivity contribution in [1.82, 2.24) is 15.1 Å². The number of piperazine rings is 1. The van der Waals surface area contributed by atoms with Gasteiger partial charge in [-0.3, -0.25) is 9.69 Å². The lowest BCUT2D eigenvalue weighted by Crippen LogP contribution is -2.55. The Balaban J connectivity index is 1.95. The van der Waals surface area contributed by atoms with Crippen LogP contribution in [0.2, 0.25) is 0 Å². The van der Waals surface area contributed by atoms with Crippen molar-refractivity contribution in [2.75, 3.05) is 39.3 Å². The van der Waals surface area contributed by atoms with E-state index in [2.05, 4.69) is 17.1 Å². The zero-order valence-corrected chi connectivity index (χ0v) is 10.2. The first-order chi connectivity index (χ1) is 7.83. The Hall–Kier alpha value is -0.610. The molecule has 2 aliphatic rings. The van der Waals surface area contributed by atoms with E-state index in [4.69, 9.17) is 0 Å². The van der Waals surface area contributed by atoms with Crippen LogP contribution in [0.15, 0.2) is 0 Å². The first kappa shape index (κ1) is 11.9. The Morgan fingerprint density at radius 1 is 1.25 bits per heavy atom. The van der Waals surface area contributed by atoms with Crippen molar-refractivity contribution in [1.29, 1.82) is 0 Å². The van der Waals surface area contributed by atoms with Crippen molar-refractivity contribution in [3.63, 3.8) is 0 Å². The van der Waals surface area contributed by atoms with E-state index >= 15 is 0 Å². The van der Waals surface area contributed by atoms with Crippen LogP contribution in [0.25, 0.3) is 0 Å². The molecule has 0 spiro atoms. The number of rotatable bonds is 2. The van der Waals surface area contributed by atoms with Crippen LogP contribution in [0.4, 0.5) is 0 Å². The summed E-state index contributed by atoms with van der Waals surface area (Å²) >= 11 is 0. The van der Waals surface area contributed by atoms with Crippen LogP contribution < -0.4 is 5.32 Å². The lowest BCUT2D eigenvalue weighted by Gasteiger charge is -2.38. The predicted molar refractivity (Wildman–Crippen MR) is 64.3 cm³/mol. The molecule has 0 aliphatic carbocycles. The lowest BCUT2D eigenvalue weighted by atomic mass is 10.0. The summed E-state index contributed by atoms with van der Waals surface area (Å²) < 4.78 is 0. The van der Waals surface area contributed by atoms with E-state index in [0.29, 0.717) is 5.91 Å². The Bertz CT molecular complexity index is 238. The van der Waals surface area contributed by atoms with Crippen molar-refractivity contribution in [3.8, 4) is 0 Å². The fourth-order valence-electron chi connectivity index (χ4n) is 2.75. The molecule has 0 aromatic carbocycles. The third-order valence-electron chi connectivity index (χ3n) is 3.73. The van der Waals surface area contributed by atoms with Gasteiger partial charge >= 0.3 is 0 Å². The number of carbonyl (C=O) groups is 1. The SMILES string of the molecule is CCN1CCCCC1C(=O)N1CCNCC1. The van der Waals surface area contributed by atoms with Gasteiger partial charge in [0.15, 0.2) is 0 Å². The van der Waals surface area contributed by atoms with Crippen LogP contribution in [-0.2, 0) is 4.79 Å². The van der Waals surface area contributed by atoms with E-state index in [0.717, 1.165) is 45.7 Å². The van der Waals surface area contributed by atoms with Gasteiger partial charge in [0.1, 0.15) is 0 Å². The smallest absolute Gasteiger partial charge is 0.240 e. The quantitative estimate of drug-likeness (QED) is 0.734. The molecule has 2 rings (SSSR count). The average molecular weight is 225 g/mol. The van der Waals surface area contributed by atoms with Crippen molar-refractivity contribution < 1.29 is 4.79 Å². The minimum Gasteiger partial charge on any atom is -0.339 e. The number of piperidine rings is 1. The Morgan fingerprint density at radius 3 is 2.69 bits per heavy atom. The monoisotopic (exact) mass is 225 g/mol. The Kier molecular flexibility index (Phi) is 4.18. The topological polar surface area (TPSA) is 35.6 Å². The van der Waals surface area contributed by atoms with Crippen LogP contribution in [0.3, 0.4) is 0 Å². The van der Waals surface area contributed by atoms with Crippen LogP contribution in [0.1, 0.15) is 26.2 Å². The van der Waals surface area contributed by atoms with Gasteiger partial charge in [0.05, 0.1) is 6.04 Å². The van der Waals surface area contributed by atoms with Crippen molar-refractivity contribution in [3.05, 3.63) is 0 Å². The normalized spacial score (nSPS) is 28.1. The second-order valence-corrected chi connectivity index (χ2v) is 4.72. The molecule has 2 aliphatic heterocycles. The number of hydrogen-bond donors (Lipinski definition) is 1. The van der Waals surface area contributed by atoms with Gasteiger partial charge in [0.25, 0.3) is 0 Å². The van der Waals surface area contributed by atoms with E-state index < -0.39 is 0 Å². The molecule has 2 saturated heterocycles. The largest absolute Gasteiger partial charge is 0.339 e. The molecule has 1 N–H and O–H groups in total. The second kappa shape index (κ2) is 5.64. The highest BCUT2D eigenvalue weighted by Gasteiger charge is 2.31. The van der Waals surface area contributed by atoms with E-state index in [1.807, 2.05) is 4.90 Å². The maximum atomic E-state index is 12.4. The number of carbonyl (C=O) groups excluding carboxylic acids is 1. The van der Waals surface area contributed by atoms with Crippen molar-refractivity contribution in [2.24, 2.45) is 0 Å². The van der Waals surface area contributed by atoms with E-state index in [1.54, 1.807) is 0 Å². The molecule has 16 heavy (non-hydrogen) atoms. The first-order valence-electron chi connectivity index (χ1n) is 6.56. The Morgan fingerprint density at radius 2 is 2.00 bits per heavy atom. The number of hydrogen-bond acceptors (Lipinski definition) is 3. The number of amides is 1. The maximum Gasteiger partial charge on any atom is 0.240 e. The summed E-state index contributed by atoms with van der Waals surface area (Å²) in [7, 11) is 0. The van der Waals surface area contributed by atoms with Gasteiger partial charge in [-0.05, 0) is 25.9 Å². The molecule has 1 atom stereocenters. The van der Waals surface area contributed by atoms with Gasteiger partial charge in [-0.15, -0.1) is 0 Å². The fraction of sp³-hybridized carbons (Fsp3) is 0.917. The van der Waals surface area contributed by atoms with Gasteiger partial charge in [0.2, 0.25) is 5.91 Å². The fourth-order valence-corrected chi connectivity index (χ4v) is 2.75. The van der Waals surface area contributed by atoms with Gasteiger partial charge in [-0.2, -0.15) is 0 Å². The third-order valence-corrected chi connectivity index (χ3v) is 3.73.